The van der Waals surface area contributed by atoms with E-state index in [1.165, 1.54) is 9.35 Å². The molecule has 1 N–H and O–H groups in total. The number of thiophene rings is 1. The third-order valence-electron chi connectivity index (χ3n) is 4.73. The van der Waals surface area contributed by atoms with Gasteiger partial charge >= 0.3 is 0 Å². The molecule has 0 spiro atoms. The van der Waals surface area contributed by atoms with Gasteiger partial charge in [0.15, 0.2) is 0 Å². The number of likely N-dealkylation sites (N-methyl/N-ethyl adjacent to an activating group) is 1. The van der Waals surface area contributed by atoms with Gasteiger partial charge in [-0.05, 0) is 53.7 Å². The van der Waals surface area contributed by atoms with Crippen molar-refractivity contribution >= 4 is 27.3 Å². The van der Waals surface area contributed by atoms with Crippen molar-refractivity contribution in [2.24, 2.45) is 0 Å². The molecule has 2 rings (SSSR count). The van der Waals surface area contributed by atoms with Gasteiger partial charge in [-0.15, -0.1) is 11.3 Å². The molecule has 2 unspecified atom stereocenters. The molecule has 0 aromatic carbocycles. The summed E-state index contributed by atoms with van der Waals surface area (Å²) in [5.41, 5.74) is 0.170. The Labute approximate surface area is 141 Å². The second kappa shape index (κ2) is 8.06. The summed E-state index contributed by atoms with van der Waals surface area (Å²) in [6.45, 7) is 11.7. The van der Waals surface area contributed by atoms with Crippen LogP contribution in [-0.2, 0) is 11.2 Å². The second-order valence-electron chi connectivity index (χ2n) is 5.82. The average molecular weight is 375 g/mol. The minimum Gasteiger partial charge on any atom is -0.379 e. The van der Waals surface area contributed by atoms with E-state index in [1.807, 2.05) is 11.3 Å². The highest BCUT2D eigenvalue weighted by Gasteiger charge is 2.38. The lowest BCUT2D eigenvalue weighted by Crippen LogP contribution is -2.62. The number of ether oxygens (including phenoxy) is 1. The predicted octanol–water partition coefficient (Wildman–Crippen LogP) is 3.53. The Morgan fingerprint density at radius 3 is 2.67 bits per heavy atom. The van der Waals surface area contributed by atoms with Crippen LogP contribution in [0.3, 0.4) is 0 Å². The van der Waals surface area contributed by atoms with E-state index < -0.39 is 0 Å². The van der Waals surface area contributed by atoms with E-state index in [1.54, 1.807) is 0 Å². The standard InChI is InChI=1S/C16H27BrN2OS/c1-4-16(3,19-7-9-20-10-8-19)15(18-5-2)12-14-13(17)6-11-21-14/h6,11,15,18H,4-5,7-10,12H2,1-3H3. The fourth-order valence-electron chi connectivity index (χ4n) is 3.18. The van der Waals surface area contributed by atoms with Crippen molar-refractivity contribution in [3.63, 3.8) is 0 Å². The highest BCUT2D eigenvalue weighted by Crippen LogP contribution is 2.31. The second-order valence-corrected chi connectivity index (χ2v) is 7.67. The molecule has 1 fully saturated rings. The third kappa shape index (κ3) is 4.08. The topological polar surface area (TPSA) is 24.5 Å². The van der Waals surface area contributed by atoms with Crippen molar-refractivity contribution in [2.75, 3.05) is 32.8 Å². The van der Waals surface area contributed by atoms with Crippen LogP contribution in [-0.4, -0.2) is 49.3 Å². The number of nitrogens with zero attached hydrogens (tertiary/aromatic N) is 1. The first-order chi connectivity index (χ1) is 10.1. The molecule has 21 heavy (non-hydrogen) atoms. The Kier molecular flexibility index (Phi) is 6.69. The van der Waals surface area contributed by atoms with Gasteiger partial charge in [-0.25, -0.2) is 0 Å². The fraction of sp³-hybridized carbons (Fsp3) is 0.750. The number of morpholine rings is 1. The lowest BCUT2D eigenvalue weighted by atomic mass is 9.84. The maximum absolute atomic E-state index is 5.54. The summed E-state index contributed by atoms with van der Waals surface area (Å²) in [6, 6.07) is 2.61. The van der Waals surface area contributed by atoms with Crippen LogP contribution in [0.1, 0.15) is 32.1 Å². The molecule has 0 radical (unpaired) electrons. The van der Waals surface area contributed by atoms with Gasteiger partial charge in [0.1, 0.15) is 0 Å². The molecule has 1 aromatic rings. The van der Waals surface area contributed by atoms with Gasteiger partial charge in [0.2, 0.25) is 0 Å². The van der Waals surface area contributed by atoms with Gasteiger partial charge in [-0.2, -0.15) is 0 Å². The summed E-state index contributed by atoms with van der Waals surface area (Å²) in [4.78, 5) is 4.06. The monoisotopic (exact) mass is 374 g/mol. The molecule has 2 atom stereocenters. The Bertz CT molecular complexity index is 434. The molecule has 1 aliphatic heterocycles. The highest BCUT2D eigenvalue weighted by atomic mass is 79.9. The Balaban J connectivity index is 2.18. The van der Waals surface area contributed by atoms with E-state index >= 15 is 0 Å². The molecule has 0 aliphatic carbocycles. The van der Waals surface area contributed by atoms with Crippen LogP contribution in [0.2, 0.25) is 0 Å². The van der Waals surface area contributed by atoms with E-state index in [2.05, 4.69) is 58.4 Å². The van der Waals surface area contributed by atoms with Crippen LogP contribution in [0, 0.1) is 0 Å². The zero-order chi connectivity index (χ0) is 15.3. The van der Waals surface area contributed by atoms with Gasteiger partial charge in [-0.1, -0.05) is 13.8 Å². The minimum absolute atomic E-state index is 0.170. The van der Waals surface area contributed by atoms with E-state index in [9.17, 15) is 0 Å². The van der Waals surface area contributed by atoms with Crippen molar-refractivity contribution in [2.45, 2.75) is 45.2 Å². The average Bonchev–Trinajstić information content (AvgIpc) is 2.92. The van der Waals surface area contributed by atoms with Gasteiger partial charge in [0.05, 0.1) is 13.2 Å². The summed E-state index contributed by atoms with van der Waals surface area (Å²) in [5, 5.41) is 5.91. The maximum Gasteiger partial charge on any atom is 0.0594 e. The fourth-order valence-corrected chi connectivity index (χ4v) is 4.74. The maximum atomic E-state index is 5.54. The van der Waals surface area contributed by atoms with Gasteiger partial charge in [-0.3, -0.25) is 4.90 Å². The molecule has 1 aliphatic rings. The molecule has 0 amide bonds. The lowest BCUT2D eigenvalue weighted by Gasteiger charge is -2.48. The molecule has 0 saturated carbocycles. The summed E-state index contributed by atoms with van der Waals surface area (Å²) >= 11 is 5.53. The van der Waals surface area contributed by atoms with Crippen LogP contribution in [0.4, 0.5) is 0 Å². The van der Waals surface area contributed by atoms with Crippen LogP contribution in [0.25, 0.3) is 0 Å². The Morgan fingerprint density at radius 1 is 1.43 bits per heavy atom. The molecule has 5 heteroatoms. The molecule has 3 nitrogen and oxygen atoms in total. The zero-order valence-electron chi connectivity index (χ0n) is 13.3. The van der Waals surface area contributed by atoms with Crippen LogP contribution in [0.5, 0.6) is 0 Å². The Morgan fingerprint density at radius 2 is 2.14 bits per heavy atom. The predicted molar refractivity (Wildman–Crippen MR) is 94.3 cm³/mol. The SMILES string of the molecule is CCNC(Cc1sccc1Br)C(C)(CC)N1CCOCC1. The summed E-state index contributed by atoms with van der Waals surface area (Å²) in [7, 11) is 0. The van der Waals surface area contributed by atoms with Crippen molar-refractivity contribution in [3.8, 4) is 0 Å². The first-order valence-electron chi connectivity index (χ1n) is 7.89. The number of hydrogen-bond acceptors (Lipinski definition) is 4. The number of hydrogen-bond donors (Lipinski definition) is 1. The molecule has 0 bridgehead atoms. The molecule has 1 aromatic heterocycles. The summed E-state index contributed by atoms with van der Waals surface area (Å²) in [6.07, 6.45) is 2.22. The first kappa shape index (κ1) is 17.4. The van der Waals surface area contributed by atoms with Gasteiger partial charge in [0.25, 0.3) is 0 Å². The largest absolute Gasteiger partial charge is 0.379 e. The lowest BCUT2D eigenvalue weighted by molar-refractivity contribution is -0.0319. The molecule has 120 valence electrons. The van der Waals surface area contributed by atoms with Crippen molar-refractivity contribution < 1.29 is 4.74 Å². The van der Waals surface area contributed by atoms with E-state index in [0.29, 0.717) is 6.04 Å². The molecular weight excluding hydrogens is 348 g/mol. The third-order valence-corrected chi connectivity index (χ3v) is 6.68. The van der Waals surface area contributed by atoms with Crippen LogP contribution >= 0.6 is 27.3 Å². The van der Waals surface area contributed by atoms with E-state index in [-0.39, 0.29) is 5.54 Å². The number of rotatable bonds is 7. The molecule has 2 heterocycles. The van der Waals surface area contributed by atoms with Gasteiger partial charge in [0, 0.05) is 34.0 Å². The first-order valence-corrected chi connectivity index (χ1v) is 9.57. The Hall–Kier alpha value is 0.0600. The highest BCUT2D eigenvalue weighted by molar-refractivity contribution is 9.10. The summed E-state index contributed by atoms with van der Waals surface area (Å²) < 4.78 is 6.78. The van der Waals surface area contributed by atoms with Gasteiger partial charge < -0.3 is 10.1 Å². The van der Waals surface area contributed by atoms with Crippen molar-refractivity contribution in [1.29, 1.82) is 0 Å². The van der Waals surface area contributed by atoms with Crippen molar-refractivity contribution in [3.05, 3.63) is 20.8 Å². The quantitative estimate of drug-likeness (QED) is 0.789. The van der Waals surface area contributed by atoms with Crippen LogP contribution in [0.15, 0.2) is 15.9 Å². The normalized spacial score (nSPS) is 21.1. The number of halogens is 1. The van der Waals surface area contributed by atoms with Crippen LogP contribution < -0.4 is 5.32 Å². The smallest absolute Gasteiger partial charge is 0.0594 e. The van der Waals surface area contributed by atoms with Crippen molar-refractivity contribution in [1.82, 2.24) is 10.2 Å². The molecule has 1 saturated heterocycles. The van der Waals surface area contributed by atoms with E-state index in [4.69, 9.17) is 4.74 Å². The summed E-state index contributed by atoms with van der Waals surface area (Å²) in [5.74, 6) is 0. The van der Waals surface area contributed by atoms with E-state index in [0.717, 1.165) is 45.7 Å². The number of nitrogens with one attached hydrogen (secondary N) is 1. The molecular formula is C16H27BrN2OS. The zero-order valence-corrected chi connectivity index (χ0v) is 15.7. The minimum atomic E-state index is 0.170.